The van der Waals surface area contributed by atoms with Gasteiger partial charge in [-0.15, -0.1) is 0 Å². The first-order valence-corrected chi connectivity index (χ1v) is 18.9. The molecule has 1 aliphatic heterocycles. The molecule has 0 saturated heterocycles. The number of rotatable bonds is 4. The van der Waals surface area contributed by atoms with E-state index in [0.717, 1.165) is 77.5 Å². The van der Waals surface area contributed by atoms with Gasteiger partial charge in [-0.2, -0.15) is 0 Å². The van der Waals surface area contributed by atoms with Crippen molar-refractivity contribution in [3.63, 3.8) is 0 Å². The Hall–Kier alpha value is -7.50. The van der Waals surface area contributed by atoms with Gasteiger partial charge in [-0.3, -0.25) is 0 Å². The Bertz CT molecular complexity index is 3430. The van der Waals surface area contributed by atoms with Gasteiger partial charge < -0.3 is 14.2 Å². The normalized spacial score (nSPS) is 14.6. The maximum atomic E-state index is 6.65. The zero-order valence-electron chi connectivity index (χ0n) is 30.0. The second kappa shape index (κ2) is 12.0. The lowest BCUT2D eigenvalue weighted by Crippen LogP contribution is -2.33. The molecule has 11 aromatic rings. The van der Waals surface area contributed by atoms with Crippen LogP contribution in [-0.2, 0) is 0 Å². The molecule has 0 bridgehead atoms. The van der Waals surface area contributed by atoms with Crippen LogP contribution in [0.15, 0.2) is 195 Å². The van der Waals surface area contributed by atoms with Gasteiger partial charge in [-0.25, -0.2) is 9.98 Å². The van der Waals surface area contributed by atoms with Crippen molar-refractivity contribution in [1.29, 1.82) is 0 Å². The number of nitrogens with one attached hydrogen (secondary N) is 1. The molecule has 1 aliphatic rings. The Morgan fingerprint density at radius 2 is 0.929 bits per heavy atom. The van der Waals surface area contributed by atoms with Gasteiger partial charge in [0.05, 0.1) is 0 Å². The molecule has 0 aliphatic carbocycles. The average Bonchev–Trinajstić information content (AvgIpc) is 3.85. The highest BCUT2D eigenvalue weighted by molar-refractivity contribution is 6.26. The van der Waals surface area contributed by atoms with Crippen LogP contribution in [0.3, 0.4) is 0 Å². The third-order valence-electron chi connectivity index (χ3n) is 11.3. The molecule has 0 amide bonds. The lowest BCUT2D eigenvalue weighted by molar-refractivity contribution is 0.666. The van der Waals surface area contributed by atoms with Crippen LogP contribution >= 0.6 is 0 Å². The summed E-state index contributed by atoms with van der Waals surface area (Å²) in [7, 11) is 0. The van der Waals surface area contributed by atoms with Crippen LogP contribution in [-0.4, -0.2) is 11.7 Å². The van der Waals surface area contributed by atoms with Crippen molar-refractivity contribution in [3.05, 3.63) is 193 Å². The number of hydrogen-bond acceptors (Lipinski definition) is 5. The quantitative estimate of drug-likeness (QED) is 0.184. The Labute approximate surface area is 320 Å². The van der Waals surface area contributed by atoms with Crippen LogP contribution in [0.2, 0.25) is 0 Å². The van der Waals surface area contributed by atoms with Crippen LogP contribution < -0.4 is 5.32 Å². The fourth-order valence-electron chi connectivity index (χ4n) is 8.77. The zero-order chi connectivity index (χ0) is 36.7. The smallest absolute Gasteiger partial charge is 0.160 e. The van der Waals surface area contributed by atoms with Gasteiger partial charge in [-0.05, 0) is 85.4 Å². The monoisotopic (exact) mass is 717 g/mol. The Morgan fingerprint density at radius 1 is 0.393 bits per heavy atom. The summed E-state index contributed by atoms with van der Waals surface area (Å²) in [6.07, 6.45) is -0.341. The number of hydrogen-bond donors (Lipinski definition) is 1. The van der Waals surface area contributed by atoms with Gasteiger partial charge in [-0.1, -0.05) is 140 Å². The summed E-state index contributed by atoms with van der Waals surface area (Å²) in [5, 5.41) is 15.4. The maximum absolute atomic E-state index is 6.65. The summed E-state index contributed by atoms with van der Waals surface area (Å²) in [4.78, 5) is 10.4. The van der Waals surface area contributed by atoms with Gasteiger partial charge in [0.1, 0.15) is 34.3 Å². The Balaban J connectivity index is 1.01. The van der Waals surface area contributed by atoms with Gasteiger partial charge in [0.15, 0.2) is 5.84 Å². The molecule has 0 radical (unpaired) electrons. The number of aliphatic imine (C=N–C) groups is 2. The number of benzene rings is 9. The van der Waals surface area contributed by atoms with Gasteiger partial charge in [0.2, 0.25) is 0 Å². The SMILES string of the molecule is c1ccc(C2N=C(c3cccc4oc5ccccc5c34)N=C(c3ccc4c(c3)oc3cccc(-c5ccc6c7ccccc7c7ccccc7c6c5)c34)N2)cc1. The van der Waals surface area contributed by atoms with Crippen molar-refractivity contribution in [1.82, 2.24) is 5.32 Å². The first-order chi connectivity index (χ1) is 27.7. The van der Waals surface area contributed by atoms with Crippen molar-refractivity contribution < 1.29 is 8.83 Å². The van der Waals surface area contributed by atoms with Crippen LogP contribution in [0, 0.1) is 0 Å². The van der Waals surface area contributed by atoms with E-state index >= 15 is 0 Å². The summed E-state index contributed by atoms with van der Waals surface area (Å²) < 4.78 is 12.9. The fourth-order valence-corrected chi connectivity index (χ4v) is 8.77. The molecule has 3 heterocycles. The summed E-state index contributed by atoms with van der Waals surface area (Å²) in [6, 6.07) is 61.6. The van der Waals surface area contributed by atoms with E-state index in [-0.39, 0.29) is 6.17 Å². The zero-order valence-corrected chi connectivity index (χ0v) is 30.0. The molecular weight excluding hydrogens is 687 g/mol. The van der Waals surface area contributed by atoms with Crippen molar-refractivity contribution in [2.75, 3.05) is 0 Å². The molecule has 0 spiro atoms. The first-order valence-electron chi connectivity index (χ1n) is 18.9. The van der Waals surface area contributed by atoms with Crippen molar-refractivity contribution in [2.24, 2.45) is 9.98 Å². The molecule has 262 valence electrons. The summed E-state index contributed by atoms with van der Waals surface area (Å²) in [5.74, 6) is 1.37. The van der Waals surface area contributed by atoms with E-state index in [9.17, 15) is 0 Å². The summed E-state index contributed by atoms with van der Waals surface area (Å²) in [5.41, 5.74) is 8.49. The summed E-state index contributed by atoms with van der Waals surface area (Å²) >= 11 is 0. The lowest BCUT2D eigenvalue weighted by Gasteiger charge is -2.23. The van der Waals surface area contributed by atoms with Crippen molar-refractivity contribution >= 4 is 87.9 Å². The molecular formula is C51H31N3O2. The number of amidine groups is 2. The van der Waals surface area contributed by atoms with Crippen LogP contribution in [0.4, 0.5) is 0 Å². The third kappa shape index (κ3) is 4.67. The van der Waals surface area contributed by atoms with Crippen LogP contribution in [0.5, 0.6) is 0 Å². The lowest BCUT2D eigenvalue weighted by atomic mass is 9.91. The Kier molecular flexibility index (Phi) is 6.63. The number of nitrogens with zero attached hydrogens (tertiary/aromatic N) is 2. The third-order valence-corrected chi connectivity index (χ3v) is 11.3. The molecule has 56 heavy (non-hydrogen) atoms. The van der Waals surface area contributed by atoms with E-state index in [1.807, 2.05) is 48.5 Å². The predicted octanol–water partition coefficient (Wildman–Crippen LogP) is 13.1. The van der Waals surface area contributed by atoms with Crippen LogP contribution in [0.25, 0.3) is 87.3 Å². The average molecular weight is 718 g/mol. The number of para-hydroxylation sites is 1. The molecule has 1 atom stereocenters. The minimum atomic E-state index is -0.341. The molecule has 5 nitrogen and oxygen atoms in total. The van der Waals surface area contributed by atoms with Crippen molar-refractivity contribution in [2.45, 2.75) is 6.17 Å². The van der Waals surface area contributed by atoms with Gasteiger partial charge >= 0.3 is 0 Å². The highest BCUT2D eigenvalue weighted by Crippen LogP contribution is 2.41. The fraction of sp³-hybridized carbons (Fsp3) is 0.0196. The molecule has 9 aromatic carbocycles. The van der Waals surface area contributed by atoms with Gasteiger partial charge in [0.25, 0.3) is 0 Å². The maximum Gasteiger partial charge on any atom is 0.160 e. The Morgan fingerprint density at radius 3 is 1.68 bits per heavy atom. The van der Waals surface area contributed by atoms with Crippen molar-refractivity contribution in [3.8, 4) is 11.1 Å². The molecule has 0 fully saturated rings. The van der Waals surface area contributed by atoms with E-state index in [4.69, 9.17) is 18.8 Å². The number of furan rings is 2. The highest BCUT2D eigenvalue weighted by Gasteiger charge is 2.24. The largest absolute Gasteiger partial charge is 0.456 e. The highest BCUT2D eigenvalue weighted by atomic mass is 16.3. The molecule has 5 heteroatoms. The molecule has 1 unspecified atom stereocenters. The minimum absolute atomic E-state index is 0.341. The van der Waals surface area contributed by atoms with E-state index in [0.29, 0.717) is 5.84 Å². The van der Waals surface area contributed by atoms with E-state index < -0.39 is 0 Å². The minimum Gasteiger partial charge on any atom is -0.456 e. The predicted molar refractivity (Wildman–Crippen MR) is 231 cm³/mol. The van der Waals surface area contributed by atoms with Crippen LogP contribution in [0.1, 0.15) is 22.9 Å². The number of fused-ring (bicyclic) bond motifs is 12. The van der Waals surface area contributed by atoms with E-state index in [1.165, 1.54) is 32.3 Å². The standard InChI is InChI=1S/C51H31N3O2/c1-2-12-30(13-3-1)49-52-50(54-51(53-49)41-20-11-23-45-48(41)39-18-8-9-21-43(39)55-45)32-25-27-40-46(29-32)56-44-22-10-19-33(47(40)44)31-24-26-38-36-16-5-4-14-34(36)35-15-6-7-17-37(35)42(38)28-31/h1-29,49H,(H,52,53,54). The van der Waals surface area contributed by atoms with Gasteiger partial charge in [0, 0.05) is 32.7 Å². The van der Waals surface area contributed by atoms with E-state index in [1.54, 1.807) is 0 Å². The molecule has 1 N–H and O–H groups in total. The second-order valence-electron chi connectivity index (χ2n) is 14.5. The summed E-state index contributed by atoms with van der Waals surface area (Å²) in [6.45, 7) is 0. The molecule has 0 saturated carbocycles. The second-order valence-corrected chi connectivity index (χ2v) is 14.5. The topological polar surface area (TPSA) is 63.0 Å². The van der Waals surface area contributed by atoms with E-state index in [2.05, 4.69) is 133 Å². The molecule has 12 rings (SSSR count). The first kappa shape index (κ1) is 30.9. The molecule has 2 aromatic heterocycles.